The van der Waals surface area contributed by atoms with Gasteiger partial charge in [0.05, 0.1) is 12.0 Å². The zero-order chi connectivity index (χ0) is 21.6. The van der Waals surface area contributed by atoms with Gasteiger partial charge in [-0.15, -0.1) is 0 Å². The van der Waals surface area contributed by atoms with Gasteiger partial charge in [-0.1, -0.05) is 6.07 Å². The lowest BCUT2D eigenvalue weighted by molar-refractivity contribution is -0.146. The minimum Gasteiger partial charge on any atom is -0.494 e. The Bertz CT molecular complexity index is 992. The predicted octanol–water partition coefficient (Wildman–Crippen LogP) is 2.20. The number of hydrogen-bond acceptors (Lipinski definition) is 6. The normalized spacial score (nSPS) is 12.1. The number of carbonyl (C=O) groups excluding carboxylic acids is 2. The third-order valence-electron chi connectivity index (χ3n) is 3.77. The molecule has 2 aromatic rings. The Labute approximate surface area is 168 Å². The standard InChI is InChI=1S/C19H21FN2O6S/c1-12(19(24)28-11-14-4-9-18(27-3)17(20)10-14)22-29(25,26)16-7-5-15(6-8-16)21-13(2)23/h4-10,12,22H,11H2,1-3H3,(H,21,23)/t12-/m0/s1. The van der Waals surface area contributed by atoms with Gasteiger partial charge in [0.1, 0.15) is 12.6 Å². The lowest BCUT2D eigenvalue weighted by atomic mass is 10.2. The molecule has 2 aromatic carbocycles. The van der Waals surface area contributed by atoms with Crippen LogP contribution in [-0.2, 0) is 31.0 Å². The molecule has 1 atom stereocenters. The van der Waals surface area contributed by atoms with Crippen LogP contribution in [0.5, 0.6) is 5.75 Å². The molecular weight excluding hydrogens is 403 g/mol. The summed E-state index contributed by atoms with van der Waals surface area (Å²) >= 11 is 0. The second-order valence-electron chi connectivity index (χ2n) is 6.13. The molecule has 0 fully saturated rings. The molecule has 0 aliphatic rings. The molecule has 0 aliphatic carbocycles. The third kappa shape index (κ3) is 6.26. The van der Waals surface area contributed by atoms with Crippen molar-refractivity contribution in [2.75, 3.05) is 12.4 Å². The van der Waals surface area contributed by atoms with Gasteiger partial charge in [0, 0.05) is 12.6 Å². The predicted molar refractivity (Wildman–Crippen MR) is 103 cm³/mol. The maximum absolute atomic E-state index is 13.7. The number of hydrogen-bond donors (Lipinski definition) is 2. The molecule has 0 aliphatic heterocycles. The molecule has 29 heavy (non-hydrogen) atoms. The number of anilines is 1. The van der Waals surface area contributed by atoms with Crippen molar-refractivity contribution in [3.63, 3.8) is 0 Å². The third-order valence-corrected chi connectivity index (χ3v) is 5.32. The fourth-order valence-corrected chi connectivity index (χ4v) is 3.54. The fourth-order valence-electron chi connectivity index (χ4n) is 2.35. The van der Waals surface area contributed by atoms with Crippen molar-refractivity contribution >= 4 is 27.6 Å². The van der Waals surface area contributed by atoms with Crippen LogP contribution in [0.1, 0.15) is 19.4 Å². The summed E-state index contributed by atoms with van der Waals surface area (Å²) in [6, 6.07) is 8.37. The van der Waals surface area contributed by atoms with Crippen LogP contribution in [0, 0.1) is 5.82 Å². The number of amides is 1. The molecule has 0 spiro atoms. The zero-order valence-electron chi connectivity index (χ0n) is 16.1. The van der Waals surface area contributed by atoms with Gasteiger partial charge in [-0.2, -0.15) is 4.72 Å². The van der Waals surface area contributed by atoms with Gasteiger partial charge in [-0.25, -0.2) is 12.8 Å². The molecule has 0 aromatic heterocycles. The average Bonchev–Trinajstić information content (AvgIpc) is 2.65. The Kier molecular flexibility index (Phi) is 7.29. The van der Waals surface area contributed by atoms with E-state index in [0.29, 0.717) is 11.3 Å². The van der Waals surface area contributed by atoms with E-state index in [4.69, 9.17) is 9.47 Å². The lowest BCUT2D eigenvalue weighted by Crippen LogP contribution is -2.39. The molecule has 0 unspecified atom stereocenters. The van der Waals surface area contributed by atoms with Crippen LogP contribution < -0.4 is 14.8 Å². The highest BCUT2D eigenvalue weighted by molar-refractivity contribution is 7.89. The van der Waals surface area contributed by atoms with Crippen LogP contribution in [0.2, 0.25) is 0 Å². The van der Waals surface area contributed by atoms with E-state index in [1.807, 2.05) is 0 Å². The Balaban J connectivity index is 1.97. The number of esters is 1. The summed E-state index contributed by atoms with van der Waals surface area (Å²) < 4.78 is 50.5. The van der Waals surface area contributed by atoms with E-state index in [-0.39, 0.29) is 23.2 Å². The second-order valence-corrected chi connectivity index (χ2v) is 7.84. The van der Waals surface area contributed by atoms with E-state index < -0.39 is 27.9 Å². The molecule has 0 heterocycles. The maximum Gasteiger partial charge on any atom is 0.324 e. The molecule has 156 valence electrons. The number of methoxy groups -OCH3 is 1. The van der Waals surface area contributed by atoms with Crippen molar-refractivity contribution in [3.05, 3.63) is 53.8 Å². The van der Waals surface area contributed by atoms with E-state index >= 15 is 0 Å². The van der Waals surface area contributed by atoms with Crippen molar-refractivity contribution in [2.24, 2.45) is 0 Å². The fraction of sp³-hybridized carbons (Fsp3) is 0.263. The van der Waals surface area contributed by atoms with Crippen molar-refractivity contribution in [3.8, 4) is 5.75 Å². The van der Waals surface area contributed by atoms with Gasteiger partial charge < -0.3 is 14.8 Å². The van der Waals surface area contributed by atoms with Crippen LogP contribution in [0.25, 0.3) is 0 Å². The van der Waals surface area contributed by atoms with Crippen LogP contribution >= 0.6 is 0 Å². The van der Waals surface area contributed by atoms with E-state index in [0.717, 1.165) is 6.07 Å². The van der Waals surface area contributed by atoms with Gasteiger partial charge in [0.15, 0.2) is 11.6 Å². The quantitative estimate of drug-likeness (QED) is 0.629. The van der Waals surface area contributed by atoms with Gasteiger partial charge >= 0.3 is 5.97 Å². The number of halogens is 1. The molecule has 8 nitrogen and oxygen atoms in total. The number of rotatable bonds is 8. The Morgan fingerprint density at radius 2 is 1.79 bits per heavy atom. The minimum atomic E-state index is -3.99. The van der Waals surface area contributed by atoms with Gasteiger partial charge in [0.2, 0.25) is 15.9 Å². The molecule has 0 radical (unpaired) electrons. The molecular formula is C19H21FN2O6S. The van der Waals surface area contributed by atoms with E-state index in [1.165, 1.54) is 57.4 Å². The lowest BCUT2D eigenvalue weighted by Gasteiger charge is -2.14. The summed E-state index contributed by atoms with van der Waals surface area (Å²) in [4.78, 5) is 23.0. The molecule has 1 amide bonds. The number of benzene rings is 2. The summed E-state index contributed by atoms with van der Waals surface area (Å²) in [6.45, 7) is 2.44. The number of sulfonamides is 1. The highest BCUT2D eigenvalue weighted by Crippen LogP contribution is 2.18. The Morgan fingerprint density at radius 1 is 1.14 bits per heavy atom. The SMILES string of the molecule is COc1ccc(COC(=O)[C@H](C)NS(=O)(=O)c2ccc(NC(C)=O)cc2)cc1F. The first-order valence-electron chi connectivity index (χ1n) is 8.51. The average molecular weight is 424 g/mol. The number of ether oxygens (including phenoxy) is 2. The van der Waals surface area contributed by atoms with Crippen LogP contribution in [-0.4, -0.2) is 33.4 Å². The molecule has 0 saturated heterocycles. The molecule has 0 bridgehead atoms. The summed E-state index contributed by atoms with van der Waals surface area (Å²) in [5.41, 5.74) is 0.830. The van der Waals surface area contributed by atoms with Crippen molar-refractivity contribution in [1.82, 2.24) is 4.72 Å². The Hall–Kier alpha value is -2.98. The number of carbonyl (C=O) groups is 2. The first-order valence-corrected chi connectivity index (χ1v) is 9.99. The maximum atomic E-state index is 13.7. The first kappa shape index (κ1) is 22.3. The largest absolute Gasteiger partial charge is 0.494 e. The molecule has 10 heteroatoms. The van der Waals surface area contributed by atoms with Gasteiger partial charge in [-0.3, -0.25) is 9.59 Å². The van der Waals surface area contributed by atoms with Crippen LogP contribution in [0.15, 0.2) is 47.4 Å². The summed E-state index contributed by atoms with van der Waals surface area (Å²) in [5, 5.41) is 2.52. The minimum absolute atomic E-state index is 0.0609. The van der Waals surface area contributed by atoms with Crippen LogP contribution in [0.4, 0.5) is 10.1 Å². The van der Waals surface area contributed by atoms with Crippen molar-refractivity contribution < 1.29 is 31.9 Å². The van der Waals surface area contributed by atoms with E-state index in [9.17, 15) is 22.4 Å². The molecule has 0 saturated carbocycles. The first-order chi connectivity index (χ1) is 13.6. The molecule has 2 rings (SSSR count). The second kappa shape index (κ2) is 9.48. The van der Waals surface area contributed by atoms with E-state index in [1.54, 1.807) is 0 Å². The molecule has 2 N–H and O–H groups in total. The van der Waals surface area contributed by atoms with Crippen molar-refractivity contribution in [1.29, 1.82) is 0 Å². The van der Waals surface area contributed by atoms with E-state index in [2.05, 4.69) is 10.0 Å². The summed E-state index contributed by atoms with van der Waals surface area (Å²) in [7, 11) is -2.66. The number of nitrogens with one attached hydrogen (secondary N) is 2. The smallest absolute Gasteiger partial charge is 0.324 e. The monoisotopic (exact) mass is 424 g/mol. The highest BCUT2D eigenvalue weighted by Gasteiger charge is 2.23. The summed E-state index contributed by atoms with van der Waals surface area (Å²) in [5.74, 6) is -1.64. The summed E-state index contributed by atoms with van der Waals surface area (Å²) in [6.07, 6.45) is 0. The zero-order valence-corrected chi connectivity index (χ0v) is 16.9. The van der Waals surface area contributed by atoms with Crippen molar-refractivity contribution in [2.45, 2.75) is 31.4 Å². The van der Waals surface area contributed by atoms with Gasteiger partial charge in [0.25, 0.3) is 0 Å². The Morgan fingerprint density at radius 3 is 2.34 bits per heavy atom. The topological polar surface area (TPSA) is 111 Å². The van der Waals surface area contributed by atoms with Crippen LogP contribution in [0.3, 0.4) is 0 Å². The highest BCUT2D eigenvalue weighted by atomic mass is 32.2. The van der Waals surface area contributed by atoms with Gasteiger partial charge in [-0.05, 0) is 48.9 Å².